The second-order valence-corrected chi connectivity index (χ2v) is 6.36. The summed E-state index contributed by atoms with van der Waals surface area (Å²) in [5.41, 5.74) is -0.615. The molecule has 1 aliphatic rings. The van der Waals surface area contributed by atoms with E-state index in [0.717, 1.165) is 6.42 Å². The molecular weight excluding hydrogens is 324 g/mol. The number of phenolic OH excluding ortho intramolecular Hbond substituents is 1. The van der Waals surface area contributed by atoms with Crippen molar-refractivity contribution in [1.29, 1.82) is 0 Å². The van der Waals surface area contributed by atoms with Gasteiger partial charge in [0.05, 0.1) is 33.1 Å². The van der Waals surface area contributed by atoms with Gasteiger partial charge >= 0.3 is 0 Å². The molecule has 20 heavy (non-hydrogen) atoms. The largest absolute Gasteiger partial charge is 0.506 e. The van der Waals surface area contributed by atoms with E-state index in [-0.39, 0.29) is 17.4 Å². The molecule has 1 aromatic heterocycles. The van der Waals surface area contributed by atoms with Crippen molar-refractivity contribution in [1.82, 2.24) is 9.78 Å². The van der Waals surface area contributed by atoms with Gasteiger partial charge in [0.15, 0.2) is 0 Å². The molecule has 1 aliphatic heterocycles. The molecule has 6 heteroatoms. The second-order valence-electron chi connectivity index (χ2n) is 5.51. The van der Waals surface area contributed by atoms with E-state index >= 15 is 0 Å². The molecule has 2 heterocycles. The molecular formula is C14H15BrN2O3. The number of ether oxygens (including phenoxy) is 1. The minimum absolute atomic E-state index is 0.0428. The van der Waals surface area contributed by atoms with E-state index in [4.69, 9.17) is 4.74 Å². The van der Waals surface area contributed by atoms with Crippen LogP contribution in [0.3, 0.4) is 0 Å². The molecule has 1 saturated heterocycles. The highest BCUT2D eigenvalue weighted by Gasteiger charge is 2.38. The van der Waals surface area contributed by atoms with Gasteiger partial charge in [0.25, 0.3) is 5.56 Å². The molecule has 106 valence electrons. The van der Waals surface area contributed by atoms with Crippen LogP contribution in [-0.2, 0) is 4.74 Å². The van der Waals surface area contributed by atoms with E-state index in [2.05, 4.69) is 21.0 Å². The second kappa shape index (κ2) is 4.56. The molecule has 0 spiro atoms. The Bertz CT molecular complexity index is 739. The van der Waals surface area contributed by atoms with Crippen molar-refractivity contribution < 1.29 is 9.84 Å². The van der Waals surface area contributed by atoms with Gasteiger partial charge in [-0.15, -0.1) is 0 Å². The van der Waals surface area contributed by atoms with Crippen LogP contribution in [-0.4, -0.2) is 27.1 Å². The Morgan fingerprint density at radius 3 is 2.85 bits per heavy atom. The zero-order valence-corrected chi connectivity index (χ0v) is 12.8. The fourth-order valence-electron chi connectivity index (χ4n) is 2.71. The molecule has 5 nitrogen and oxygen atoms in total. The average Bonchev–Trinajstić information content (AvgIpc) is 2.74. The first-order valence-electron chi connectivity index (χ1n) is 6.45. The molecule has 0 radical (unpaired) electrons. The Morgan fingerprint density at radius 1 is 1.45 bits per heavy atom. The summed E-state index contributed by atoms with van der Waals surface area (Å²) in [4.78, 5) is 12.6. The third-order valence-electron chi connectivity index (χ3n) is 3.88. The maximum Gasteiger partial charge on any atom is 0.275 e. The van der Waals surface area contributed by atoms with Crippen LogP contribution in [0, 0.1) is 0 Å². The summed E-state index contributed by atoms with van der Waals surface area (Å²) in [5, 5.41) is 15.1. The Hall–Kier alpha value is -1.40. The molecule has 3 rings (SSSR count). The highest BCUT2D eigenvalue weighted by molar-refractivity contribution is 9.10. The summed E-state index contributed by atoms with van der Waals surface area (Å²) < 4.78 is 7.69. The molecule has 0 aliphatic carbocycles. The number of nitrogens with zero attached hydrogens (tertiary/aromatic N) is 2. The van der Waals surface area contributed by atoms with Crippen molar-refractivity contribution in [3.8, 4) is 5.75 Å². The van der Waals surface area contributed by atoms with Crippen molar-refractivity contribution in [2.45, 2.75) is 31.9 Å². The van der Waals surface area contributed by atoms with E-state index in [1.165, 1.54) is 10.9 Å². The number of hydrogen-bond acceptors (Lipinski definition) is 4. The minimum Gasteiger partial charge on any atom is -0.506 e. The van der Waals surface area contributed by atoms with Gasteiger partial charge in [-0.25, -0.2) is 4.68 Å². The van der Waals surface area contributed by atoms with Gasteiger partial charge < -0.3 is 9.84 Å². The van der Waals surface area contributed by atoms with Crippen molar-refractivity contribution in [3.05, 3.63) is 33.2 Å². The zero-order chi connectivity index (χ0) is 14.5. The highest BCUT2D eigenvalue weighted by Crippen LogP contribution is 2.35. The third kappa shape index (κ3) is 1.94. The predicted molar refractivity (Wildman–Crippen MR) is 79.1 cm³/mol. The van der Waals surface area contributed by atoms with Crippen LogP contribution in [0.5, 0.6) is 5.75 Å². The van der Waals surface area contributed by atoms with Crippen LogP contribution in [0.15, 0.2) is 27.6 Å². The van der Waals surface area contributed by atoms with Gasteiger partial charge in [0.1, 0.15) is 5.75 Å². The first kappa shape index (κ1) is 13.6. The van der Waals surface area contributed by atoms with Gasteiger partial charge in [-0.05, 0) is 48.3 Å². The summed E-state index contributed by atoms with van der Waals surface area (Å²) >= 11 is 3.24. The van der Waals surface area contributed by atoms with Crippen molar-refractivity contribution in [2.24, 2.45) is 0 Å². The molecule has 1 N–H and O–H groups in total. The molecule has 1 atom stereocenters. The smallest absolute Gasteiger partial charge is 0.275 e. The summed E-state index contributed by atoms with van der Waals surface area (Å²) in [5.74, 6) is 0.0428. The Morgan fingerprint density at radius 2 is 2.20 bits per heavy atom. The zero-order valence-electron chi connectivity index (χ0n) is 11.3. The SMILES string of the molecule is CC1(C)OCCC1n1ncc2c(O)c(Br)ccc2c1=O. The summed E-state index contributed by atoms with van der Waals surface area (Å²) in [6.07, 6.45) is 2.29. The predicted octanol–water partition coefficient (Wildman–Crippen LogP) is 2.60. The normalized spacial score (nSPS) is 21.4. The lowest BCUT2D eigenvalue weighted by atomic mass is 9.99. The van der Waals surface area contributed by atoms with E-state index in [0.29, 0.717) is 21.9 Å². The quantitative estimate of drug-likeness (QED) is 0.867. The van der Waals surface area contributed by atoms with Gasteiger partial charge in [-0.2, -0.15) is 5.10 Å². The number of phenols is 1. The maximum atomic E-state index is 12.6. The van der Waals surface area contributed by atoms with Gasteiger partial charge in [-0.3, -0.25) is 4.79 Å². The lowest BCUT2D eigenvalue weighted by Gasteiger charge is -2.26. The number of fused-ring (bicyclic) bond motifs is 1. The summed E-state index contributed by atoms with van der Waals surface area (Å²) in [7, 11) is 0. The number of rotatable bonds is 1. The fourth-order valence-corrected chi connectivity index (χ4v) is 3.06. The minimum atomic E-state index is -0.415. The molecule has 0 amide bonds. The summed E-state index contributed by atoms with van der Waals surface area (Å²) in [6, 6.07) is 3.27. The fraction of sp³-hybridized carbons (Fsp3) is 0.429. The van der Waals surface area contributed by atoms with Crippen LogP contribution < -0.4 is 5.56 Å². The van der Waals surface area contributed by atoms with Crippen molar-refractivity contribution >= 4 is 26.7 Å². The highest BCUT2D eigenvalue weighted by atomic mass is 79.9. The van der Waals surface area contributed by atoms with Crippen molar-refractivity contribution in [3.63, 3.8) is 0 Å². The van der Waals surface area contributed by atoms with Crippen LogP contribution in [0.25, 0.3) is 10.8 Å². The number of benzene rings is 1. The van der Waals surface area contributed by atoms with Crippen LogP contribution in [0.1, 0.15) is 26.3 Å². The van der Waals surface area contributed by atoms with Crippen LogP contribution >= 0.6 is 15.9 Å². The molecule has 1 fully saturated rings. The average molecular weight is 339 g/mol. The van der Waals surface area contributed by atoms with Gasteiger partial charge in [0, 0.05) is 6.61 Å². The molecule has 1 aromatic carbocycles. The lowest BCUT2D eigenvalue weighted by molar-refractivity contribution is 0.0109. The number of halogens is 1. The first-order chi connectivity index (χ1) is 9.42. The first-order valence-corrected chi connectivity index (χ1v) is 7.24. The van der Waals surface area contributed by atoms with E-state index in [1.54, 1.807) is 12.1 Å². The Balaban J connectivity index is 2.23. The molecule has 1 unspecified atom stereocenters. The lowest BCUT2D eigenvalue weighted by Crippen LogP contribution is -2.37. The number of aromatic hydroxyl groups is 1. The maximum absolute atomic E-state index is 12.6. The van der Waals surface area contributed by atoms with Crippen LogP contribution in [0.4, 0.5) is 0 Å². The Kier molecular flexibility index (Phi) is 3.10. The van der Waals surface area contributed by atoms with Gasteiger partial charge in [0.2, 0.25) is 0 Å². The van der Waals surface area contributed by atoms with Crippen molar-refractivity contribution in [2.75, 3.05) is 6.61 Å². The Labute approximate surface area is 124 Å². The van der Waals surface area contributed by atoms with Gasteiger partial charge in [-0.1, -0.05) is 0 Å². The van der Waals surface area contributed by atoms with Crippen LogP contribution in [0.2, 0.25) is 0 Å². The van der Waals surface area contributed by atoms with E-state index in [1.807, 2.05) is 13.8 Å². The summed E-state index contributed by atoms with van der Waals surface area (Å²) in [6.45, 7) is 4.54. The van der Waals surface area contributed by atoms with E-state index < -0.39 is 5.60 Å². The molecule has 0 bridgehead atoms. The molecule has 0 saturated carbocycles. The van der Waals surface area contributed by atoms with E-state index in [9.17, 15) is 9.90 Å². The standard InChI is InChI=1S/C14H15BrN2O3/c1-14(2)11(5-6-20-14)17-13(19)8-3-4-10(15)12(18)9(8)7-16-17/h3-4,7,11,18H,5-6H2,1-2H3. The monoisotopic (exact) mass is 338 g/mol. The topological polar surface area (TPSA) is 64.3 Å². The molecule has 2 aromatic rings. The number of hydrogen-bond donors (Lipinski definition) is 1. The number of aromatic nitrogens is 2. The third-order valence-corrected chi connectivity index (χ3v) is 4.52.